The highest BCUT2D eigenvalue weighted by Gasteiger charge is 2.38. The van der Waals surface area contributed by atoms with Crippen molar-refractivity contribution in [2.75, 3.05) is 7.05 Å². The van der Waals surface area contributed by atoms with Crippen LogP contribution in [-0.2, 0) is 5.41 Å². The minimum Gasteiger partial charge on any atom is -0.317 e. The lowest BCUT2D eigenvalue weighted by Crippen LogP contribution is -2.27. The van der Waals surface area contributed by atoms with Crippen molar-refractivity contribution in [2.45, 2.75) is 37.6 Å². The van der Waals surface area contributed by atoms with Gasteiger partial charge >= 0.3 is 0 Å². The SMILES string of the molecule is CNC1CCC(C)(c2ccnn2-c2ccccc2)C1. The number of aromatic nitrogens is 2. The first kappa shape index (κ1) is 12.4. The maximum atomic E-state index is 4.52. The second kappa shape index (κ2) is 4.82. The Balaban J connectivity index is 1.97. The van der Waals surface area contributed by atoms with Gasteiger partial charge < -0.3 is 5.32 Å². The maximum absolute atomic E-state index is 4.52. The first-order valence-corrected chi connectivity index (χ1v) is 7.00. The molecule has 3 heteroatoms. The van der Waals surface area contributed by atoms with Gasteiger partial charge in [-0.1, -0.05) is 25.1 Å². The van der Waals surface area contributed by atoms with Crippen molar-refractivity contribution in [2.24, 2.45) is 0 Å². The molecule has 0 spiro atoms. The molecule has 0 amide bonds. The zero-order valence-corrected chi connectivity index (χ0v) is 11.6. The van der Waals surface area contributed by atoms with Crippen LogP contribution in [0.25, 0.3) is 5.69 Å². The standard InChI is InChI=1S/C16H21N3/c1-16(10-8-13(12-16)17-2)15-9-11-18-19(15)14-6-4-3-5-7-14/h3-7,9,11,13,17H,8,10,12H2,1-2H3. The predicted octanol–water partition coefficient (Wildman–Crippen LogP) is 2.90. The zero-order valence-electron chi connectivity index (χ0n) is 11.6. The number of rotatable bonds is 3. The summed E-state index contributed by atoms with van der Waals surface area (Å²) in [6.45, 7) is 2.36. The monoisotopic (exact) mass is 255 g/mol. The molecule has 1 aliphatic rings. The maximum Gasteiger partial charge on any atom is 0.0649 e. The van der Waals surface area contributed by atoms with E-state index >= 15 is 0 Å². The molecule has 1 N–H and O–H groups in total. The van der Waals surface area contributed by atoms with E-state index < -0.39 is 0 Å². The Hall–Kier alpha value is -1.61. The van der Waals surface area contributed by atoms with Crippen LogP contribution in [0.4, 0.5) is 0 Å². The summed E-state index contributed by atoms with van der Waals surface area (Å²) in [6, 6.07) is 13.2. The van der Waals surface area contributed by atoms with E-state index in [1.54, 1.807) is 0 Å². The number of hydrogen-bond acceptors (Lipinski definition) is 2. The van der Waals surface area contributed by atoms with Crippen LogP contribution >= 0.6 is 0 Å². The summed E-state index contributed by atoms with van der Waals surface area (Å²) in [6.07, 6.45) is 5.56. The van der Waals surface area contributed by atoms with E-state index in [2.05, 4.69) is 59.4 Å². The van der Waals surface area contributed by atoms with Crippen molar-refractivity contribution in [1.82, 2.24) is 15.1 Å². The van der Waals surface area contributed by atoms with Crippen LogP contribution < -0.4 is 5.32 Å². The highest BCUT2D eigenvalue weighted by Crippen LogP contribution is 2.41. The number of para-hydroxylation sites is 1. The van der Waals surface area contributed by atoms with Gasteiger partial charge in [0.1, 0.15) is 0 Å². The minimum atomic E-state index is 0.222. The number of benzene rings is 1. The van der Waals surface area contributed by atoms with Gasteiger partial charge in [0.2, 0.25) is 0 Å². The molecule has 1 heterocycles. The van der Waals surface area contributed by atoms with Gasteiger partial charge in [-0.3, -0.25) is 0 Å². The molecule has 1 fully saturated rings. The second-order valence-corrected chi connectivity index (χ2v) is 5.75. The van der Waals surface area contributed by atoms with Crippen molar-refractivity contribution in [1.29, 1.82) is 0 Å². The highest BCUT2D eigenvalue weighted by atomic mass is 15.3. The van der Waals surface area contributed by atoms with Crippen molar-refractivity contribution < 1.29 is 0 Å². The van der Waals surface area contributed by atoms with E-state index in [1.807, 2.05) is 12.3 Å². The fourth-order valence-electron chi connectivity index (χ4n) is 3.25. The normalized spacial score (nSPS) is 26.7. The predicted molar refractivity (Wildman–Crippen MR) is 77.6 cm³/mol. The molecule has 1 aliphatic carbocycles. The summed E-state index contributed by atoms with van der Waals surface area (Å²) in [4.78, 5) is 0. The molecule has 2 atom stereocenters. The molecule has 1 saturated carbocycles. The minimum absolute atomic E-state index is 0.222. The quantitative estimate of drug-likeness (QED) is 0.914. The van der Waals surface area contributed by atoms with Crippen molar-refractivity contribution in [3.05, 3.63) is 48.3 Å². The molecule has 2 aromatic rings. The lowest BCUT2D eigenvalue weighted by molar-refractivity contribution is 0.441. The molecule has 1 aromatic carbocycles. The molecular formula is C16H21N3. The van der Waals surface area contributed by atoms with Gasteiger partial charge in [0.05, 0.1) is 11.4 Å². The van der Waals surface area contributed by atoms with E-state index in [1.165, 1.54) is 25.0 Å². The molecule has 0 radical (unpaired) electrons. The average Bonchev–Trinajstić information content (AvgIpc) is 3.07. The molecule has 3 rings (SSSR count). The van der Waals surface area contributed by atoms with Crippen molar-refractivity contribution in [3.63, 3.8) is 0 Å². The van der Waals surface area contributed by atoms with Gasteiger partial charge in [0.15, 0.2) is 0 Å². The lowest BCUT2D eigenvalue weighted by Gasteiger charge is -2.25. The number of hydrogen-bond donors (Lipinski definition) is 1. The van der Waals surface area contributed by atoms with E-state index in [0.29, 0.717) is 6.04 Å². The fraction of sp³-hybridized carbons (Fsp3) is 0.438. The van der Waals surface area contributed by atoms with E-state index in [4.69, 9.17) is 0 Å². The van der Waals surface area contributed by atoms with E-state index in [-0.39, 0.29) is 5.41 Å². The van der Waals surface area contributed by atoms with Crippen LogP contribution in [0.1, 0.15) is 31.9 Å². The van der Waals surface area contributed by atoms with Crippen LogP contribution in [0.2, 0.25) is 0 Å². The van der Waals surface area contributed by atoms with E-state index in [9.17, 15) is 0 Å². The van der Waals surface area contributed by atoms with Crippen LogP contribution in [-0.4, -0.2) is 22.9 Å². The lowest BCUT2D eigenvalue weighted by atomic mass is 9.84. The second-order valence-electron chi connectivity index (χ2n) is 5.75. The molecule has 0 saturated heterocycles. The zero-order chi connectivity index (χ0) is 13.3. The third-order valence-electron chi connectivity index (χ3n) is 4.41. The Bertz CT molecular complexity index is 546. The Morgan fingerprint density at radius 3 is 2.74 bits per heavy atom. The smallest absolute Gasteiger partial charge is 0.0649 e. The number of nitrogens with one attached hydrogen (secondary N) is 1. The van der Waals surface area contributed by atoms with Crippen LogP contribution in [0.15, 0.2) is 42.6 Å². The molecule has 2 unspecified atom stereocenters. The highest BCUT2D eigenvalue weighted by molar-refractivity contribution is 5.35. The Labute approximate surface area is 114 Å². The van der Waals surface area contributed by atoms with Gasteiger partial charge in [0.25, 0.3) is 0 Å². The first-order valence-electron chi connectivity index (χ1n) is 7.00. The average molecular weight is 255 g/mol. The van der Waals surface area contributed by atoms with Crippen LogP contribution in [0, 0.1) is 0 Å². The van der Waals surface area contributed by atoms with Gasteiger partial charge in [0, 0.05) is 17.7 Å². The summed E-state index contributed by atoms with van der Waals surface area (Å²) in [7, 11) is 2.06. The van der Waals surface area contributed by atoms with E-state index in [0.717, 1.165) is 5.69 Å². The summed E-state index contributed by atoms with van der Waals surface area (Å²) in [5.41, 5.74) is 2.70. The fourth-order valence-corrected chi connectivity index (χ4v) is 3.25. The third kappa shape index (κ3) is 2.19. The van der Waals surface area contributed by atoms with Crippen molar-refractivity contribution >= 4 is 0 Å². The van der Waals surface area contributed by atoms with Gasteiger partial charge in [-0.25, -0.2) is 4.68 Å². The third-order valence-corrected chi connectivity index (χ3v) is 4.41. The Kier molecular flexibility index (Phi) is 3.15. The van der Waals surface area contributed by atoms with Crippen LogP contribution in [0.5, 0.6) is 0 Å². The molecule has 100 valence electrons. The molecule has 3 nitrogen and oxygen atoms in total. The largest absolute Gasteiger partial charge is 0.317 e. The molecule has 19 heavy (non-hydrogen) atoms. The first-order chi connectivity index (χ1) is 9.23. The van der Waals surface area contributed by atoms with Crippen LogP contribution in [0.3, 0.4) is 0 Å². The Morgan fingerprint density at radius 2 is 2.05 bits per heavy atom. The summed E-state index contributed by atoms with van der Waals surface area (Å²) in [5, 5.41) is 7.93. The van der Waals surface area contributed by atoms with Gasteiger partial charge in [-0.2, -0.15) is 5.10 Å². The molecular weight excluding hydrogens is 234 g/mol. The number of nitrogens with zero attached hydrogens (tertiary/aromatic N) is 2. The Morgan fingerprint density at radius 1 is 1.26 bits per heavy atom. The summed E-state index contributed by atoms with van der Waals surface area (Å²) >= 11 is 0. The summed E-state index contributed by atoms with van der Waals surface area (Å²) < 4.78 is 2.10. The molecule has 0 bridgehead atoms. The molecule has 1 aromatic heterocycles. The van der Waals surface area contributed by atoms with Gasteiger partial charge in [-0.15, -0.1) is 0 Å². The topological polar surface area (TPSA) is 29.9 Å². The molecule has 0 aliphatic heterocycles. The summed E-state index contributed by atoms with van der Waals surface area (Å²) in [5.74, 6) is 0. The van der Waals surface area contributed by atoms with Crippen molar-refractivity contribution in [3.8, 4) is 5.69 Å². The van der Waals surface area contributed by atoms with Gasteiger partial charge in [-0.05, 0) is 44.5 Å².